The first-order chi connectivity index (χ1) is 20.4. The molecule has 43 heavy (non-hydrogen) atoms. The Labute approximate surface area is 253 Å². The summed E-state index contributed by atoms with van der Waals surface area (Å²) in [5.41, 5.74) is 0.536. The summed E-state index contributed by atoms with van der Waals surface area (Å²) in [6.07, 6.45) is 0.349. The largest absolute Gasteiger partial charge is 0.413 e. The van der Waals surface area contributed by atoms with Gasteiger partial charge in [-0.15, -0.1) is 0 Å². The number of carbonyl (C=O) groups excluding carboxylic acids is 4. The van der Waals surface area contributed by atoms with Crippen LogP contribution in [0.3, 0.4) is 0 Å². The average molecular weight is 615 g/mol. The fourth-order valence-electron chi connectivity index (χ4n) is 6.84. The van der Waals surface area contributed by atoms with Crippen molar-refractivity contribution in [3.8, 4) is 0 Å². The summed E-state index contributed by atoms with van der Waals surface area (Å²) >= 11 is 0. The maximum Gasteiger partial charge on any atom is 0.362 e. The predicted octanol–water partition coefficient (Wildman–Crippen LogP) is 3.49. The van der Waals surface area contributed by atoms with Crippen LogP contribution in [0.5, 0.6) is 0 Å². The summed E-state index contributed by atoms with van der Waals surface area (Å²) in [4.78, 5) is 66.4. The second kappa shape index (κ2) is 13.1. The quantitative estimate of drug-likeness (QED) is 0.0933. The highest BCUT2D eigenvalue weighted by atomic mass is 28.4. The Bertz CT molecular complexity index is 1300. The number of rotatable bonds is 12. The standard InChI is InChI=1S/C30H42N4O8Si/c1-7-43(8-2,9-3)42-19(5)24-25-18(4)23(17-32-15-14-21(16-32)27(35)31-6)26(33(25)28(24)36)30(38)41-29(37)20-10-12-22(13-11-20)34(39)40/h10-13,18-19,21,24-25H,7-9,14-17H2,1-6H3,(H,31,35)/t18-,19+,21-,24+,25+/m0/s1. The molecular weight excluding hydrogens is 572 g/mol. The minimum Gasteiger partial charge on any atom is -0.413 e. The van der Waals surface area contributed by atoms with Crippen LogP contribution in [-0.4, -0.2) is 85.6 Å². The lowest BCUT2D eigenvalue weighted by molar-refractivity contribution is -0.384. The number of fused-ring (bicyclic) bond motifs is 1. The number of nitro groups is 1. The third-order valence-corrected chi connectivity index (χ3v) is 14.4. The molecule has 0 saturated carbocycles. The van der Waals surface area contributed by atoms with Gasteiger partial charge in [0.15, 0.2) is 8.32 Å². The van der Waals surface area contributed by atoms with Crippen molar-refractivity contribution in [2.45, 2.75) is 71.3 Å². The highest BCUT2D eigenvalue weighted by Gasteiger charge is 2.61. The number of esters is 2. The lowest BCUT2D eigenvalue weighted by atomic mass is 9.77. The number of nitrogens with zero attached hydrogens (tertiary/aromatic N) is 3. The number of nitro benzene ring substituents is 1. The van der Waals surface area contributed by atoms with E-state index in [2.05, 4.69) is 31.0 Å². The Balaban J connectivity index is 1.60. The smallest absolute Gasteiger partial charge is 0.362 e. The minimum absolute atomic E-state index is 0.0218. The van der Waals surface area contributed by atoms with E-state index in [4.69, 9.17) is 9.16 Å². The number of hydrogen-bond acceptors (Lipinski definition) is 9. The van der Waals surface area contributed by atoms with Crippen LogP contribution in [0.25, 0.3) is 0 Å². The van der Waals surface area contributed by atoms with Crippen molar-refractivity contribution in [1.29, 1.82) is 0 Å². The Morgan fingerprint density at radius 2 is 1.74 bits per heavy atom. The van der Waals surface area contributed by atoms with Crippen LogP contribution in [0.2, 0.25) is 18.1 Å². The molecule has 13 heteroatoms. The number of amides is 2. The molecule has 1 aromatic carbocycles. The van der Waals surface area contributed by atoms with Crippen molar-refractivity contribution in [1.82, 2.24) is 15.1 Å². The Kier molecular flexibility index (Phi) is 9.87. The Morgan fingerprint density at radius 1 is 1.12 bits per heavy atom. The van der Waals surface area contributed by atoms with Crippen molar-refractivity contribution >= 4 is 37.8 Å². The summed E-state index contributed by atoms with van der Waals surface area (Å²) in [7, 11) is -0.401. The molecule has 0 aliphatic carbocycles. The molecule has 0 spiro atoms. The van der Waals surface area contributed by atoms with Gasteiger partial charge in [-0.25, -0.2) is 9.59 Å². The number of carbonyl (C=O) groups is 4. The summed E-state index contributed by atoms with van der Waals surface area (Å²) in [6.45, 7) is 11.8. The van der Waals surface area contributed by atoms with Crippen LogP contribution >= 0.6 is 0 Å². The van der Waals surface area contributed by atoms with Crippen molar-refractivity contribution < 1.29 is 33.3 Å². The fourth-order valence-corrected chi connectivity index (χ4v) is 9.78. The summed E-state index contributed by atoms with van der Waals surface area (Å²) in [6, 6.07) is 7.29. The van der Waals surface area contributed by atoms with Gasteiger partial charge in [-0.3, -0.25) is 24.6 Å². The third-order valence-electron chi connectivity index (χ3n) is 9.65. The van der Waals surface area contributed by atoms with Crippen LogP contribution < -0.4 is 5.32 Å². The van der Waals surface area contributed by atoms with E-state index in [1.807, 2.05) is 13.8 Å². The number of likely N-dealkylation sites (tertiary alicyclic amines) is 1. The molecule has 0 bridgehead atoms. The molecule has 4 rings (SSSR count). The van der Waals surface area contributed by atoms with Gasteiger partial charge in [0.1, 0.15) is 5.70 Å². The first kappa shape index (κ1) is 32.5. The fraction of sp³-hybridized carbons (Fsp3) is 0.600. The molecule has 0 aromatic heterocycles. The third kappa shape index (κ3) is 6.15. The van der Waals surface area contributed by atoms with E-state index in [1.165, 1.54) is 17.0 Å². The molecule has 1 aromatic rings. The molecule has 2 fully saturated rings. The highest BCUT2D eigenvalue weighted by Crippen LogP contribution is 2.49. The van der Waals surface area contributed by atoms with E-state index < -0.39 is 31.1 Å². The van der Waals surface area contributed by atoms with Crippen LogP contribution in [0.15, 0.2) is 35.5 Å². The van der Waals surface area contributed by atoms with Gasteiger partial charge in [-0.2, -0.15) is 0 Å². The Morgan fingerprint density at radius 3 is 2.30 bits per heavy atom. The molecule has 2 amide bonds. The number of benzene rings is 1. The van der Waals surface area contributed by atoms with Gasteiger partial charge >= 0.3 is 11.9 Å². The molecule has 12 nitrogen and oxygen atoms in total. The molecule has 3 heterocycles. The van der Waals surface area contributed by atoms with Crippen LogP contribution in [0, 0.1) is 27.9 Å². The van der Waals surface area contributed by atoms with Gasteiger partial charge in [0.05, 0.1) is 34.5 Å². The first-order valence-electron chi connectivity index (χ1n) is 15.1. The lowest BCUT2D eigenvalue weighted by Crippen LogP contribution is -2.65. The van der Waals surface area contributed by atoms with E-state index >= 15 is 0 Å². The number of β-lactam (4-membered cyclic amide) rings is 1. The first-order valence-corrected chi connectivity index (χ1v) is 17.6. The van der Waals surface area contributed by atoms with E-state index in [9.17, 15) is 29.3 Å². The molecule has 1 N–H and O–H groups in total. The molecule has 3 aliphatic heterocycles. The molecule has 5 atom stereocenters. The van der Waals surface area contributed by atoms with Crippen LogP contribution in [-0.2, 0) is 23.5 Å². The van der Waals surface area contributed by atoms with E-state index in [0.29, 0.717) is 31.6 Å². The second-order valence-corrected chi connectivity index (χ2v) is 16.5. The maximum absolute atomic E-state index is 13.7. The molecule has 3 aliphatic rings. The van der Waals surface area contributed by atoms with Crippen molar-refractivity contribution in [3.05, 3.63) is 51.2 Å². The zero-order valence-corrected chi connectivity index (χ0v) is 26.8. The second-order valence-electron chi connectivity index (χ2n) is 11.8. The predicted molar refractivity (Wildman–Crippen MR) is 160 cm³/mol. The van der Waals surface area contributed by atoms with E-state index in [1.54, 1.807) is 7.05 Å². The summed E-state index contributed by atoms with van der Waals surface area (Å²) in [5.74, 6) is -2.98. The van der Waals surface area contributed by atoms with Crippen molar-refractivity contribution in [2.24, 2.45) is 17.8 Å². The van der Waals surface area contributed by atoms with E-state index in [-0.39, 0.29) is 52.7 Å². The van der Waals surface area contributed by atoms with E-state index in [0.717, 1.165) is 30.3 Å². The van der Waals surface area contributed by atoms with Crippen molar-refractivity contribution in [2.75, 3.05) is 26.7 Å². The van der Waals surface area contributed by atoms with Gasteiger partial charge in [0.2, 0.25) is 11.8 Å². The SMILES string of the molecule is CC[Si](CC)(CC)O[C@H](C)[C@H]1C(=O)N2C(C(=O)OC(=O)c3ccc([N+](=O)[O-])cc3)=C(CN3CC[C@H](C(=O)NC)C3)[C@H](C)[C@H]12. The molecule has 2 saturated heterocycles. The molecular formula is C30H42N4O8Si. The van der Waals surface area contributed by atoms with Crippen molar-refractivity contribution in [3.63, 3.8) is 0 Å². The molecule has 0 unspecified atom stereocenters. The molecule has 234 valence electrons. The lowest BCUT2D eigenvalue weighted by Gasteiger charge is -2.49. The number of ether oxygens (including phenoxy) is 1. The Hall–Kier alpha value is -3.42. The zero-order valence-electron chi connectivity index (χ0n) is 25.8. The van der Waals surface area contributed by atoms with Gasteiger partial charge in [0.25, 0.3) is 5.69 Å². The number of nitrogens with one attached hydrogen (secondary N) is 1. The molecule has 0 radical (unpaired) electrons. The monoisotopic (exact) mass is 614 g/mol. The zero-order chi connectivity index (χ0) is 31.6. The van der Waals surface area contributed by atoms with Gasteiger partial charge in [0, 0.05) is 38.2 Å². The van der Waals surface area contributed by atoms with Gasteiger partial charge in [-0.1, -0.05) is 27.7 Å². The summed E-state index contributed by atoms with van der Waals surface area (Å²) < 4.78 is 11.9. The van der Waals surface area contributed by atoms with Gasteiger partial charge < -0.3 is 19.4 Å². The normalized spacial score (nSPS) is 24.4. The maximum atomic E-state index is 13.7. The number of hydrogen-bond donors (Lipinski definition) is 1. The average Bonchev–Trinajstić information content (AvgIpc) is 3.56. The minimum atomic E-state index is -2.01. The van der Waals surface area contributed by atoms with Crippen LogP contribution in [0.1, 0.15) is 51.4 Å². The summed E-state index contributed by atoms with van der Waals surface area (Å²) in [5, 5.41) is 13.7. The topological polar surface area (TPSA) is 148 Å². The van der Waals surface area contributed by atoms with Crippen LogP contribution in [0.4, 0.5) is 5.69 Å². The number of non-ortho nitro benzene ring substituents is 1. The van der Waals surface area contributed by atoms with Gasteiger partial charge in [-0.05, 0) is 55.7 Å². The highest BCUT2D eigenvalue weighted by molar-refractivity contribution is 6.73.